The van der Waals surface area contributed by atoms with Crippen molar-refractivity contribution < 1.29 is 28.2 Å². The summed E-state index contributed by atoms with van der Waals surface area (Å²) in [4.78, 5) is 40.5. The van der Waals surface area contributed by atoms with Gasteiger partial charge in [-0.25, -0.2) is 14.1 Å². The number of alkyl halides is 1. The lowest BCUT2D eigenvalue weighted by molar-refractivity contribution is 0.0247. The number of anilines is 1. The summed E-state index contributed by atoms with van der Waals surface area (Å²) < 4.78 is 31.3. The number of carbonyl (C=O) groups excluding carboxylic acids is 2. The SMILES string of the molecule is CC(C)(C)OC(=O)N1Cc2nc(OC[C@@]34CCCN3C[C@H](F)C4)nc(N3CCCOCC3)c2C1=O. The van der Waals surface area contributed by atoms with Crippen LogP contribution in [0.5, 0.6) is 6.01 Å². The van der Waals surface area contributed by atoms with Crippen LogP contribution in [-0.4, -0.2) is 95.1 Å². The normalized spacial score (nSPS) is 27.1. The number of carbonyl (C=O) groups is 2. The standard InChI is InChI=1S/C24H34FN5O5/c1-23(2,3)35-22(32)30-14-17-18(20(30)31)19(28-7-5-10-33-11-9-28)27-21(26-17)34-15-24-6-4-8-29(24)13-16(25)12-24/h16H,4-15H2,1-3H3/t16-,24+/m1/s1. The largest absolute Gasteiger partial charge is 0.461 e. The summed E-state index contributed by atoms with van der Waals surface area (Å²) >= 11 is 0. The third-order valence-electron chi connectivity index (χ3n) is 7.08. The number of amides is 2. The molecule has 2 atom stereocenters. The Labute approximate surface area is 204 Å². The molecular formula is C24H34FN5O5. The van der Waals surface area contributed by atoms with Crippen LogP contribution in [0, 0.1) is 0 Å². The van der Waals surface area contributed by atoms with Crippen LogP contribution in [0.4, 0.5) is 15.0 Å². The molecular weight excluding hydrogens is 457 g/mol. The lowest BCUT2D eigenvalue weighted by Crippen LogP contribution is -2.43. The molecule has 4 aliphatic rings. The van der Waals surface area contributed by atoms with Gasteiger partial charge >= 0.3 is 12.1 Å². The molecule has 0 N–H and O–H groups in total. The second-order valence-electron chi connectivity index (χ2n) is 10.8. The number of hydrogen-bond acceptors (Lipinski definition) is 9. The molecule has 35 heavy (non-hydrogen) atoms. The fourth-order valence-electron chi connectivity index (χ4n) is 5.53. The average molecular weight is 492 g/mol. The molecule has 0 aliphatic carbocycles. The predicted molar refractivity (Wildman–Crippen MR) is 124 cm³/mol. The quantitative estimate of drug-likeness (QED) is 0.629. The molecule has 0 saturated carbocycles. The highest BCUT2D eigenvalue weighted by Gasteiger charge is 2.49. The Bertz CT molecular complexity index is 993. The fourth-order valence-corrected chi connectivity index (χ4v) is 5.53. The topological polar surface area (TPSA) is 97.3 Å². The second kappa shape index (κ2) is 9.16. The molecule has 0 radical (unpaired) electrons. The summed E-state index contributed by atoms with van der Waals surface area (Å²) in [6.45, 7) is 9.20. The Morgan fingerprint density at radius 3 is 2.83 bits per heavy atom. The molecule has 4 aliphatic heterocycles. The van der Waals surface area contributed by atoms with E-state index in [1.54, 1.807) is 20.8 Å². The summed E-state index contributed by atoms with van der Waals surface area (Å²) in [5, 5.41) is 0. The van der Waals surface area contributed by atoms with E-state index in [4.69, 9.17) is 14.2 Å². The molecule has 11 heteroatoms. The zero-order chi connectivity index (χ0) is 24.8. The van der Waals surface area contributed by atoms with Crippen LogP contribution in [0.15, 0.2) is 0 Å². The molecule has 0 aromatic carbocycles. The third kappa shape index (κ3) is 4.80. The summed E-state index contributed by atoms with van der Waals surface area (Å²) in [5.74, 6) is -0.0280. The number of imide groups is 1. The highest BCUT2D eigenvalue weighted by atomic mass is 19.1. The van der Waals surface area contributed by atoms with E-state index < -0.39 is 23.8 Å². The first-order chi connectivity index (χ1) is 16.7. The van der Waals surface area contributed by atoms with Gasteiger partial charge in [-0.1, -0.05) is 0 Å². The van der Waals surface area contributed by atoms with Gasteiger partial charge in [0.15, 0.2) is 0 Å². The van der Waals surface area contributed by atoms with Crippen molar-refractivity contribution in [1.82, 2.24) is 19.8 Å². The molecule has 0 unspecified atom stereocenters. The number of ether oxygens (including phenoxy) is 3. The fraction of sp³-hybridized carbons (Fsp3) is 0.750. The first kappa shape index (κ1) is 24.2. The van der Waals surface area contributed by atoms with Crippen LogP contribution in [0.25, 0.3) is 0 Å². The van der Waals surface area contributed by atoms with Crippen LogP contribution >= 0.6 is 0 Å². The molecule has 0 bridgehead atoms. The molecule has 3 fully saturated rings. The first-order valence-electron chi connectivity index (χ1n) is 12.5. The Hall–Kier alpha value is -2.53. The Balaban J connectivity index is 1.43. The van der Waals surface area contributed by atoms with Crippen LogP contribution in [0.3, 0.4) is 0 Å². The molecule has 10 nitrogen and oxygen atoms in total. The minimum absolute atomic E-state index is 0.0108. The summed E-state index contributed by atoms with van der Waals surface area (Å²) in [6.07, 6.45) is 1.55. The number of nitrogens with zero attached hydrogens (tertiary/aromatic N) is 5. The van der Waals surface area contributed by atoms with Gasteiger partial charge in [-0.3, -0.25) is 9.69 Å². The van der Waals surface area contributed by atoms with Gasteiger partial charge in [0.1, 0.15) is 29.8 Å². The van der Waals surface area contributed by atoms with E-state index in [0.717, 1.165) is 30.7 Å². The predicted octanol–water partition coefficient (Wildman–Crippen LogP) is 2.55. The summed E-state index contributed by atoms with van der Waals surface area (Å²) in [7, 11) is 0. The van der Waals surface area contributed by atoms with Gasteiger partial charge < -0.3 is 19.1 Å². The summed E-state index contributed by atoms with van der Waals surface area (Å²) in [5.41, 5.74) is -0.340. The number of rotatable bonds is 4. The minimum Gasteiger partial charge on any atom is -0.461 e. The van der Waals surface area contributed by atoms with Crippen LogP contribution in [0.1, 0.15) is 62.5 Å². The number of halogens is 1. The number of hydrogen-bond donors (Lipinski definition) is 0. The van der Waals surface area contributed by atoms with Crippen molar-refractivity contribution in [2.75, 3.05) is 50.9 Å². The number of aromatic nitrogens is 2. The lowest BCUT2D eigenvalue weighted by atomic mass is 9.95. The molecule has 1 aromatic rings. The van der Waals surface area contributed by atoms with Gasteiger partial charge in [0.25, 0.3) is 5.91 Å². The monoisotopic (exact) mass is 491 g/mol. The van der Waals surface area contributed by atoms with Crippen LogP contribution in [0.2, 0.25) is 0 Å². The maximum atomic E-state index is 14.2. The van der Waals surface area contributed by atoms with Gasteiger partial charge in [0.05, 0.1) is 24.4 Å². The van der Waals surface area contributed by atoms with Gasteiger partial charge in [0.2, 0.25) is 0 Å². The van der Waals surface area contributed by atoms with Crippen molar-refractivity contribution in [3.05, 3.63) is 11.3 Å². The van der Waals surface area contributed by atoms with Crippen LogP contribution in [-0.2, 0) is 16.0 Å². The second-order valence-corrected chi connectivity index (χ2v) is 10.8. The highest BCUT2D eigenvalue weighted by Crippen LogP contribution is 2.40. The molecule has 5 rings (SSSR count). The molecule has 2 amide bonds. The van der Waals surface area contributed by atoms with E-state index in [2.05, 4.69) is 14.9 Å². The molecule has 3 saturated heterocycles. The van der Waals surface area contributed by atoms with Crippen molar-refractivity contribution in [3.63, 3.8) is 0 Å². The van der Waals surface area contributed by atoms with E-state index in [1.165, 1.54) is 0 Å². The maximum Gasteiger partial charge on any atom is 0.417 e. The van der Waals surface area contributed by atoms with Gasteiger partial charge in [-0.05, 0) is 46.6 Å². The zero-order valence-electron chi connectivity index (χ0n) is 20.7. The van der Waals surface area contributed by atoms with Gasteiger partial charge in [-0.15, -0.1) is 0 Å². The van der Waals surface area contributed by atoms with E-state index in [0.29, 0.717) is 63.0 Å². The zero-order valence-corrected chi connectivity index (χ0v) is 20.7. The Kier molecular flexibility index (Phi) is 6.33. The lowest BCUT2D eigenvalue weighted by Gasteiger charge is -2.31. The van der Waals surface area contributed by atoms with Gasteiger partial charge in [-0.2, -0.15) is 9.97 Å². The van der Waals surface area contributed by atoms with E-state index >= 15 is 0 Å². The smallest absolute Gasteiger partial charge is 0.417 e. The van der Waals surface area contributed by atoms with Crippen molar-refractivity contribution in [3.8, 4) is 6.01 Å². The van der Waals surface area contributed by atoms with E-state index in [1.807, 2.05) is 4.90 Å². The maximum absolute atomic E-state index is 14.2. The Morgan fingerprint density at radius 2 is 2.03 bits per heavy atom. The summed E-state index contributed by atoms with van der Waals surface area (Å²) in [6, 6.07) is 0.145. The van der Waals surface area contributed by atoms with Gasteiger partial charge in [0, 0.05) is 32.7 Å². The molecule has 0 spiro atoms. The highest BCUT2D eigenvalue weighted by molar-refractivity contribution is 6.09. The molecule has 1 aromatic heterocycles. The van der Waals surface area contributed by atoms with Crippen molar-refractivity contribution in [1.29, 1.82) is 0 Å². The van der Waals surface area contributed by atoms with E-state index in [-0.39, 0.29) is 18.1 Å². The number of fused-ring (bicyclic) bond motifs is 2. The average Bonchev–Trinajstić information content (AvgIpc) is 3.31. The van der Waals surface area contributed by atoms with E-state index in [9.17, 15) is 14.0 Å². The Morgan fingerprint density at radius 1 is 1.20 bits per heavy atom. The molecule has 192 valence electrons. The minimum atomic E-state index is -0.854. The third-order valence-corrected chi connectivity index (χ3v) is 7.08. The van der Waals surface area contributed by atoms with Crippen molar-refractivity contribution in [2.45, 2.75) is 70.3 Å². The van der Waals surface area contributed by atoms with Crippen LogP contribution < -0.4 is 9.64 Å². The van der Waals surface area contributed by atoms with Crippen molar-refractivity contribution in [2.24, 2.45) is 0 Å². The molecule has 5 heterocycles. The van der Waals surface area contributed by atoms with Crippen molar-refractivity contribution >= 4 is 17.8 Å². The first-order valence-corrected chi connectivity index (χ1v) is 12.5.